The molecule has 2 aromatic carbocycles. The van der Waals surface area contributed by atoms with Gasteiger partial charge in [0.1, 0.15) is 17.9 Å². The Hall–Kier alpha value is -3.08. The van der Waals surface area contributed by atoms with Gasteiger partial charge in [-0.1, -0.05) is 42.5 Å². The van der Waals surface area contributed by atoms with Crippen LogP contribution in [0.4, 0.5) is 5.69 Å². The van der Waals surface area contributed by atoms with E-state index in [1.165, 1.54) is 13.5 Å². The van der Waals surface area contributed by atoms with Crippen LogP contribution >= 0.6 is 0 Å². The molecular formula is C23H24N2O3. The second-order valence-corrected chi connectivity index (χ2v) is 6.99. The molecule has 0 amide bonds. The van der Waals surface area contributed by atoms with Crippen LogP contribution in [0.1, 0.15) is 35.3 Å². The van der Waals surface area contributed by atoms with E-state index in [2.05, 4.69) is 9.88 Å². The van der Waals surface area contributed by atoms with Crippen LogP contribution < -0.4 is 9.64 Å². The molecule has 0 unspecified atom stereocenters. The first-order chi connectivity index (χ1) is 13.8. The summed E-state index contributed by atoms with van der Waals surface area (Å²) in [7, 11) is 1.38. The number of piperidine rings is 1. The number of hydrogen-bond acceptors (Lipinski definition) is 5. The van der Waals surface area contributed by atoms with Crippen LogP contribution in [0, 0.1) is 0 Å². The number of rotatable bonds is 5. The Bertz CT molecular complexity index is 966. The van der Waals surface area contributed by atoms with Crippen LogP contribution in [-0.2, 0) is 11.3 Å². The summed E-state index contributed by atoms with van der Waals surface area (Å²) >= 11 is 0. The number of pyridine rings is 1. The fraction of sp³-hybridized carbons (Fsp3) is 0.304. The van der Waals surface area contributed by atoms with Crippen molar-refractivity contribution in [1.29, 1.82) is 0 Å². The number of esters is 1. The SMILES string of the molecule is COC(=O)c1cc(N2CCCCC2)c2cccc(OCc3ccccc3)c2n1. The summed E-state index contributed by atoms with van der Waals surface area (Å²) in [6.07, 6.45) is 3.55. The highest BCUT2D eigenvalue weighted by Crippen LogP contribution is 2.34. The summed E-state index contributed by atoms with van der Waals surface area (Å²) in [6.45, 7) is 2.41. The number of para-hydroxylation sites is 1. The molecule has 2 heterocycles. The van der Waals surface area contributed by atoms with Crippen molar-refractivity contribution in [2.75, 3.05) is 25.1 Å². The van der Waals surface area contributed by atoms with Crippen LogP contribution in [-0.4, -0.2) is 31.2 Å². The van der Waals surface area contributed by atoms with Crippen LogP contribution in [0.2, 0.25) is 0 Å². The van der Waals surface area contributed by atoms with Gasteiger partial charge in [0.25, 0.3) is 0 Å². The lowest BCUT2D eigenvalue weighted by Gasteiger charge is -2.30. The Balaban J connectivity index is 1.76. The molecule has 0 saturated carbocycles. The number of methoxy groups -OCH3 is 1. The topological polar surface area (TPSA) is 51.7 Å². The molecule has 5 heteroatoms. The normalized spacial score (nSPS) is 14.1. The van der Waals surface area contributed by atoms with Gasteiger partial charge in [-0.15, -0.1) is 0 Å². The number of benzene rings is 2. The first-order valence-electron chi connectivity index (χ1n) is 9.70. The minimum atomic E-state index is -0.432. The van der Waals surface area contributed by atoms with Gasteiger partial charge in [0.05, 0.1) is 7.11 Å². The molecule has 0 bridgehead atoms. The predicted molar refractivity (Wildman–Crippen MR) is 110 cm³/mol. The van der Waals surface area contributed by atoms with Crippen LogP contribution in [0.5, 0.6) is 5.75 Å². The molecule has 1 saturated heterocycles. The van der Waals surface area contributed by atoms with Gasteiger partial charge < -0.3 is 14.4 Å². The van der Waals surface area contributed by atoms with Crippen LogP contribution in [0.25, 0.3) is 10.9 Å². The second-order valence-electron chi connectivity index (χ2n) is 6.99. The highest BCUT2D eigenvalue weighted by atomic mass is 16.5. The minimum Gasteiger partial charge on any atom is -0.487 e. The Kier molecular flexibility index (Phi) is 5.42. The van der Waals surface area contributed by atoms with E-state index in [1.54, 1.807) is 0 Å². The maximum Gasteiger partial charge on any atom is 0.356 e. The molecule has 0 radical (unpaired) electrons. The maximum atomic E-state index is 12.2. The van der Waals surface area contributed by atoms with Crippen molar-refractivity contribution in [3.8, 4) is 5.75 Å². The summed E-state index contributed by atoms with van der Waals surface area (Å²) in [5, 5.41) is 1.00. The smallest absolute Gasteiger partial charge is 0.356 e. The largest absolute Gasteiger partial charge is 0.487 e. The molecular weight excluding hydrogens is 352 g/mol. The van der Waals surface area contributed by atoms with Crippen LogP contribution in [0.3, 0.4) is 0 Å². The summed E-state index contributed by atoms with van der Waals surface area (Å²) < 4.78 is 11.0. The molecule has 5 nitrogen and oxygen atoms in total. The standard InChI is InChI=1S/C23H24N2O3/c1-27-23(26)19-15-20(25-13-6-3-7-14-25)18-11-8-12-21(22(18)24-19)28-16-17-9-4-2-5-10-17/h2,4-5,8-12,15H,3,6-7,13-14,16H2,1H3. The minimum absolute atomic E-state index is 0.311. The molecule has 1 aromatic heterocycles. The molecule has 28 heavy (non-hydrogen) atoms. The highest BCUT2D eigenvalue weighted by Gasteiger charge is 2.20. The van der Waals surface area contributed by atoms with E-state index in [-0.39, 0.29) is 0 Å². The lowest BCUT2D eigenvalue weighted by Crippen LogP contribution is -2.30. The van der Waals surface area contributed by atoms with Gasteiger partial charge in [-0.25, -0.2) is 9.78 Å². The number of hydrogen-bond donors (Lipinski definition) is 0. The Morgan fingerprint density at radius 1 is 1.04 bits per heavy atom. The average molecular weight is 376 g/mol. The van der Waals surface area contributed by atoms with Crippen molar-refractivity contribution in [3.63, 3.8) is 0 Å². The molecule has 1 fully saturated rings. The molecule has 1 aliphatic rings. The highest BCUT2D eigenvalue weighted by molar-refractivity contribution is 6.00. The second kappa shape index (κ2) is 8.30. The Morgan fingerprint density at radius 2 is 1.82 bits per heavy atom. The summed E-state index contributed by atoms with van der Waals surface area (Å²) in [6, 6.07) is 17.8. The third-order valence-electron chi connectivity index (χ3n) is 5.11. The summed E-state index contributed by atoms with van der Waals surface area (Å²) in [5.41, 5.74) is 3.11. The third-order valence-corrected chi connectivity index (χ3v) is 5.11. The van der Waals surface area contributed by atoms with Crippen molar-refractivity contribution in [1.82, 2.24) is 4.98 Å². The van der Waals surface area contributed by atoms with Gasteiger partial charge in [0.15, 0.2) is 5.69 Å². The van der Waals surface area contributed by atoms with E-state index in [4.69, 9.17) is 9.47 Å². The first-order valence-corrected chi connectivity index (χ1v) is 9.70. The van der Waals surface area contributed by atoms with Gasteiger partial charge in [0, 0.05) is 24.2 Å². The first kappa shape index (κ1) is 18.3. The molecule has 4 rings (SSSR count). The molecule has 144 valence electrons. The van der Waals surface area contributed by atoms with Crippen LogP contribution in [0.15, 0.2) is 54.6 Å². The zero-order valence-electron chi connectivity index (χ0n) is 16.1. The number of anilines is 1. The Morgan fingerprint density at radius 3 is 2.57 bits per heavy atom. The average Bonchev–Trinajstić information content (AvgIpc) is 2.77. The fourth-order valence-electron chi connectivity index (χ4n) is 3.66. The maximum absolute atomic E-state index is 12.2. The number of nitrogens with zero attached hydrogens (tertiary/aromatic N) is 2. The van der Waals surface area contributed by atoms with Crippen molar-refractivity contribution in [3.05, 3.63) is 65.9 Å². The monoisotopic (exact) mass is 376 g/mol. The van der Waals surface area contributed by atoms with E-state index in [9.17, 15) is 4.79 Å². The quantitative estimate of drug-likeness (QED) is 0.610. The van der Waals surface area contributed by atoms with Crippen molar-refractivity contribution < 1.29 is 14.3 Å². The summed E-state index contributed by atoms with van der Waals surface area (Å²) in [5.74, 6) is 0.239. The lowest BCUT2D eigenvalue weighted by molar-refractivity contribution is 0.0594. The van der Waals surface area contributed by atoms with Crippen molar-refractivity contribution >= 4 is 22.6 Å². The molecule has 1 aliphatic heterocycles. The number of carbonyl (C=O) groups excluding carboxylic acids is 1. The van der Waals surface area contributed by atoms with Gasteiger partial charge in [0.2, 0.25) is 0 Å². The number of aromatic nitrogens is 1. The zero-order valence-corrected chi connectivity index (χ0v) is 16.1. The lowest BCUT2D eigenvalue weighted by atomic mass is 10.1. The fourth-order valence-corrected chi connectivity index (χ4v) is 3.66. The molecule has 0 atom stereocenters. The zero-order chi connectivity index (χ0) is 19.3. The van der Waals surface area contributed by atoms with E-state index in [0.717, 1.165) is 42.6 Å². The number of fused-ring (bicyclic) bond motifs is 1. The molecule has 0 N–H and O–H groups in total. The van der Waals surface area contributed by atoms with Gasteiger partial charge in [-0.3, -0.25) is 0 Å². The molecule has 3 aromatic rings. The van der Waals surface area contributed by atoms with E-state index in [1.807, 2.05) is 54.6 Å². The van der Waals surface area contributed by atoms with E-state index in [0.29, 0.717) is 23.6 Å². The molecule has 0 spiro atoms. The van der Waals surface area contributed by atoms with Gasteiger partial charge in [-0.05, 0) is 37.0 Å². The van der Waals surface area contributed by atoms with E-state index < -0.39 is 5.97 Å². The van der Waals surface area contributed by atoms with E-state index >= 15 is 0 Å². The number of ether oxygens (including phenoxy) is 2. The third kappa shape index (κ3) is 3.79. The van der Waals surface area contributed by atoms with Crippen molar-refractivity contribution in [2.45, 2.75) is 25.9 Å². The number of carbonyl (C=O) groups is 1. The molecule has 0 aliphatic carbocycles. The Labute approximate surface area is 164 Å². The van der Waals surface area contributed by atoms with Crippen molar-refractivity contribution in [2.24, 2.45) is 0 Å². The van der Waals surface area contributed by atoms with Gasteiger partial charge >= 0.3 is 5.97 Å². The van der Waals surface area contributed by atoms with Gasteiger partial charge in [-0.2, -0.15) is 0 Å². The summed E-state index contributed by atoms with van der Waals surface area (Å²) in [4.78, 5) is 19.2. The predicted octanol–water partition coefficient (Wildman–Crippen LogP) is 4.59.